The van der Waals surface area contributed by atoms with E-state index in [9.17, 15) is 26.7 Å². The maximum Gasteiger partial charge on any atom is 0.422 e. The fraction of sp³-hybridized carbons (Fsp3) is 0.238. The number of aryl methyl sites for hydroxylation is 1. The molecule has 0 aliphatic heterocycles. The molecule has 0 amide bonds. The Kier molecular flexibility index (Phi) is 6.66. The summed E-state index contributed by atoms with van der Waals surface area (Å²) in [6.07, 6.45) is -3.17. The van der Waals surface area contributed by atoms with E-state index in [1.807, 2.05) is 0 Å². The monoisotopic (exact) mass is 455 g/mol. The predicted octanol–water partition coefficient (Wildman–Crippen LogP) is 4.57. The van der Waals surface area contributed by atoms with Crippen LogP contribution in [0.2, 0.25) is 0 Å². The quantitative estimate of drug-likeness (QED) is 0.529. The molecule has 3 aromatic rings. The van der Waals surface area contributed by atoms with E-state index in [4.69, 9.17) is 9.47 Å². The van der Waals surface area contributed by atoms with Gasteiger partial charge in [0.05, 0.1) is 19.9 Å². The molecule has 0 saturated heterocycles. The maximum absolute atomic E-state index is 13.6. The zero-order valence-corrected chi connectivity index (χ0v) is 17.0. The number of alkyl halides is 3. The molecule has 3 rings (SSSR count). The zero-order chi connectivity index (χ0) is 23.5. The van der Waals surface area contributed by atoms with Gasteiger partial charge in [0.15, 0.2) is 18.2 Å². The largest absolute Gasteiger partial charge is 0.490 e. The molecule has 2 aromatic carbocycles. The van der Waals surface area contributed by atoms with Crippen molar-refractivity contribution in [3.63, 3.8) is 0 Å². The highest BCUT2D eigenvalue weighted by molar-refractivity contribution is 5.61. The third kappa shape index (κ3) is 5.74. The van der Waals surface area contributed by atoms with Crippen LogP contribution in [0.5, 0.6) is 11.5 Å². The second-order valence-electron chi connectivity index (χ2n) is 6.82. The summed E-state index contributed by atoms with van der Waals surface area (Å²) in [5.74, 6) is -2.16. The molecular formula is C21H18F5N3O3. The van der Waals surface area contributed by atoms with E-state index in [1.54, 1.807) is 6.92 Å². The highest BCUT2D eigenvalue weighted by atomic mass is 19.4. The molecule has 0 fully saturated rings. The average Bonchev–Trinajstić information content (AvgIpc) is 2.72. The van der Waals surface area contributed by atoms with Crippen molar-refractivity contribution in [2.24, 2.45) is 0 Å². The van der Waals surface area contributed by atoms with Crippen molar-refractivity contribution in [2.75, 3.05) is 19.0 Å². The average molecular weight is 455 g/mol. The van der Waals surface area contributed by atoms with Crippen LogP contribution in [0.3, 0.4) is 0 Å². The Hall–Kier alpha value is -3.63. The molecule has 1 aromatic heterocycles. The fourth-order valence-electron chi connectivity index (χ4n) is 2.78. The van der Waals surface area contributed by atoms with Crippen molar-refractivity contribution in [3.05, 3.63) is 75.7 Å². The number of hydrogen-bond acceptors (Lipinski definition) is 5. The maximum atomic E-state index is 13.6. The minimum Gasteiger partial charge on any atom is -0.490 e. The van der Waals surface area contributed by atoms with Crippen LogP contribution in [0.1, 0.15) is 11.1 Å². The van der Waals surface area contributed by atoms with Gasteiger partial charge in [-0.15, -0.1) is 0 Å². The summed E-state index contributed by atoms with van der Waals surface area (Å²) < 4.78 is 75.4. The normalized spacial score (nSPS) is 11.3. The van der Waals surface area contributed by atoms with Gasteiger partial charge in [-0.3, -0.25) is 4.79 Å². The molecule has 0 unspecified atom stereocenters. The summed E-state index contributed by atoms with van der Waals surface area (Å²) in [6.45, 7) is 0.223. The van der Waals surface area contributed by atoms with Crippen LogP contribution in [-0.4, -0.2) is 29.4 Å². The molecule has 0 saturated carbocycles. The smallest absolute Gasteiger partial charge is 0.422 e. The first kappa shape index (κ1) is 23.0. The number of anilines is 2. The molecular weight excluding hydrogens is 437 g/mol. The standard InChI is InChI=1S/C21H18F5N3O3/c1-12-3-5-14(32-11-21(24,25)26)8-17(12)27-20-28-19(30)18(31-2)10-29(20)9-13-4-6-15(22)16(23)7-13/h3-8,10H,9,11H2,1-2H3,(H,27,28,30). The minimum atomic E-state index is -4.50. The Morgan fingerprint density at radius 1 is 1.09 bits per heavy atom. The van der Waals surface area contributed by atoms with Crippen molar-refractivity contribution in [1.82, 2.24) is 9.55 Å². The number of ether oxygens (including phenoxy) is 2. The highest BCUT2D eigenvalue weighted by Crippen LogP contribution is 2.27. The van der Waals surface area contributed by atoms with E-state index < -0.39 is 30.0 Å². The Morgan fingerprint density at radius 2 is 1.84 bits per heavy atom. The highest BCUT2D eigenvalue weighted by Gasteiger charge is 2.28. The molecule has 32 heavy (non-hydrogen) atoms. The predicted molar refractivity (Wildman–Crippen MR) is 107 cm³/mol. The number of halogens is 5. The van der Waals surface area contributed by atoms with Crippen LogP contribution < -0.4 is 20.3 Å². The summed E-state index contributed by atoms with van der Waals surface area (Å²) in [5.41, 5.74) is 0.645. The third-order valence-electron chi connectivity index (χ3n) is 4.38. The Balaban J connectivity index is 1.95. The number of rotatable bonds is 7. The van der Waals surface area contributed by atoms with Crippen LogP contribution in [0, 0.1) is 18.6 Å². The van der Waals surface area contributed by atoms with Crippen LogP contribution >= 0.6 is 0 Å². The van der Waals surface area contributed by atoms with Gasteiger partial charge in [-0.2, -0.15) is 18.2 Å². The fourth-order valence-corrected chi connectivity index (χ4v) is 2.78. The number of benzene rings is 2. The van der Waals surface area contributed by atoms with Gasteiger partial charge in [0.2, 0.25) is 11.7 Å². The topological polar surface area (TPSA) is 65.4 Å². The van der Waals surface area contributed by atoms with E-state index in [-0.39, 0.29) is 24.0 Å². The first-order valence-corrected chi connectivity index (χ1v) is 9.22. The lowest BCUT2D eigenvalue weighted by molar-refractivity contribution is -0.153. The molecule has 170 valence electrons. The summed E-state index contributed by atoms with van der Waals surface area (Å²) in [6, 6.07) is 7.58. The Morgan fingerprint density at radius 3 is 2.50 bits per heavy atom. The molecule has 0 aliphatic rings. The van der Waals surface area contributed by atoms with Crippen molar-refractivity contribution < 1.29 is 31.4 Å². The summed E-state index contributed by atoms with van der Waals surface area (Å²) in [5, 5.41) is 2.88. The van der Waals surface area contributed by atoms with Crippen molar-refractivity contribution in [3.8, 4) is 11.5 Å². The van der Waals surface area contributed by atoms with Gasteiger partial charge < -0.3 is 19.4 Å². The van der Waals surface area contributed by atoms with Gasteiger partial charge in [-0.05, 0) is 36.2 Å². The molecule has 6 nitrogen and oxygen atoms in total. The van der Waals surface area contributed by atoms with E-state index in [1.165, 1.54) is 42.1 Å². The first-order valence-electron chi connectivity index (χ1n) is 9.22. The van der Waals surface area contributed by atoms with Gasteiger partial charge in [-0.1, -0.05) is 12.1 Å². The van der Waals surface area contributed by atoms with Crippen molar-refractivity contribution >= 4 is 11.6 Å². The second-order valence-corrected chi connectivity index (χ2v) is 6.82. The summed E-state index contributed by atoms with van der Waals surface area (Å²) in [4.78, 5) is 16.1. The van der Waals surface area contributed by atoms with Crippen LogP contribution in [-0.2, 0) is 6.54 Å². The number of hydrogen-bond donors (Lipinski definition) is 1. The van der Waals surface area contributed by atoms with Crippen molar-refractivity contribution in [2.45, 2.75) is 19.6 Å². The SMILES string of the molecule is COc1cn(Cc2ccc(F)c(F)c2)c(Nc2cc(OCC(F)(F)F)ccc2C)nc1=O. The molecule has 0 atom stereocenters. The molecule has 1 heterocycles. The van der Waals surface area contributed by atoms with E-state index in [0.717, 1.165) is 12.1 Å². The first-order chi connectivity index (χ1) is 15.1. The lowest BCUT2D eigenvalue weighted by Gasteiger charge is -2.17. The van der Waals surface area contributed by atoms with Crippen LogP contribution in [0.15, 0.2) is 47.4 Å². The van der Waals surface area contributed by atoms with Gasteiger partial charge >= 0.3 is 11.7 Å². The molecule has 0 radical (unpaired) electrons. The van der Waals surface area contributed by atoms with Gasteiger partial charge in [-0.25, -0.2) is 8.78 Å². The lowest BCUT2D eigenvalue weighted by atomic mass is 10.2. The van der Waals surface area contributed by atoms with Crippen molar-refractivity contribution in [1.29, 1.82) is 0 Å². The van der Waals surface area contributed by atoms with Gasteiger partial charge in [0.1, 0.15) is 5.75 Å². The summed E-state index contributed by atoms with van der Waals surface area (Å²) in [7, 11) is 1.28. The van der Waals surface area contributed by atoms with E-state index >= 15 is 0 Å². The number of nitrogens with one attached hydrogen (secondary N) is 1. The number of methoxy groups -OCH3 is 1. The molecule has 0 spiro atoms. The molecule has 0 bridgehead atoms. The third-order valence-corrected chi connectivity index (χ3v) is 4.38. The van der Waals surface area contributed by atoms with Crippen LogP contribution in [0.4, 0.5) is 33.6 Å². The van der Waals surface area contributed by atoms with Crippen LogP contribution in [0.25, 0.3) is 0 Å². The zero-order valence-electron chi connectivity index (χ0n) is 17.0. The summed E-state index contributed by atoms with van der Waals surface area (Å²) >= 11 is 0. The Labute approximate surface area is 179 Å². The number of aromatic nitrogens is 2. The molecule has 1 N–H and O–H groups in total. The molecule has 11 heteroatoms. The van der Waals surface area contributed by atoms with Gasteiger partial charge in [0.25, 0.3) is 0 Å². The van der Waals surface area contributed by atoms with E-state index in [0.29, 0.717) is 16.8 Å². The van der Waals surface area contributed by atoms with E-state index in [2.05, 4.69) is 10.3 Å². The second kappa shape index (κ2) is 9.25. The number of nitrogens with zero attached hydrogens (tertiary/aromatic N) is 2. The Bertz CT molecular complexity index is 1180. The lowest BCUT2D eigenvalue weighted by Crippen LogP contribution is -2.20. The van der Waals surface area contributed by atoms with Gasteiger partial charge in [0, 0.05) is 11.8 Å². The molecule has 0 aliphatic carbocycles. The minimum absolute atomic E-state index is 0.00745.